The second kappa shape index (κ2) is 7.96. The van der Waals surface area contributed by atoms with Crippen LogP contribution in [0.15, 0.2) is 72.8 Å². The van der Waals surface area contributed by atoms with Crippen LogP contribution in [-0.2, 0) is 17.6 Å². The molecule has 0 radical (unpaired) electrons. The van der Waals surface area contributed by atoms with E-state index in [0.29, 0.717) is 22.7 Å². The summed E-state index contributed by atoms with van der Waals surface area (Å²) in [5.41, 5.74) is 4.05. The fraction of sp³-hybridized carbons (Fsp3) is 0.130. The van der Waals surface area contributed by atoms with E-state index in [9.17, 15) is 9.59 Å². The molecule has 2 amide bonds. The third-order valence-electron chi connectivity index (χ3n) is 4.66. The Morgan fingerprint density at radius 1 is 0.964 bits per heavy atom. The zero-order valence-electron chi connectivity index (χ0n) is 15.3. The minimum Gasteiger partial charge on any atom is -0.482 e. The first-order valence-corrected chi connectivity index (χ1v) is 9.19. The Hall–Kier alpha value is -3.60. The van der Waals surface area contributed by atoms with Crippen molar-refractivity contribution >= 4 is 23.2 Å². The molecule has 1 heterocycles. The highest BCUT2D eigenvalue weighted by atomic mass is 16.5. The molecule has 4 rings (SSSR count). The molecule has 0 saturated carbocycles. The second-order valence-electron chi connectivity index (χ2n) is 6.64. The van der Waals surface area contributed by atoms with Gasteiger partial charge >= 0.3 is 0 Å². The van der Waals surface area contributed by atoms with Gasteiger partial charge in [0.25, 0.3) is 11.8 Å². The predicted molar refractivity (Wildman–Crippen MR) is 109 cm³/mol. The number of hydrogen-bond acceptors (Lipinski definition) is 3. The number of anilines is 2. The maximum Gasteiger partial charge on any atom is 0.262 e. The Balaban J connectivity index is 1.49. The monoisotopic (exact) mass is 372 g/mol. The molecule has 1 aliphatic rings. The Morgan fingerprint density at radius 3 is 2.61 bits per heavy atom. The third-order valence-corrected chi connectivity index (χ3v) is 4.66. The number of aryl methyl sites for hydroxylation is 2. The summed E-state index contributed by atoms with van der Waals surface area (Å²) in [7, 11) is 0. The number of carbonyl (C=O) groups excluding carboxylic acids is 2. The molecule has 3 aromatic rings. The van der Waals surface area contributed by atoms with Crippen LogP contribution in [0.1, 0.15) is 21.5 Å². The van der Waals surface area contributed by atoms with Crippen molar-refractivity contribution in [3.8, 4) is 5.75 Å². The zero-order chi connectivity index (χ0) is 19.3. The first-order valence-electron chi connectivity index (χ1n) is 9.19. The number of fused-ring (bicyclic) bond motifs is 1. The van der Waals surface area contributed by atoms with Crippen LogP contribution in [0.5, 0.6) is 5.75 Å². The van der Waals surface area contributed by atoms with Crippen molar-refractivity contribution in [1.82, 2.24) is 0 Å². The molecule has 0 unspecified atom stereocenters. The summed E-state index contributed by atoms with van der Waals surface area (Å²) in [6, 6.07) is 23.1. The lowest BCUT2D eigenvalue weighted by Gasteiger charge is -2.19. The highest BCUT2D eigenvalue weighted by Crippen LogP contribution is 2.30. The molecular weight excluding hydrogens is 352 g/mol. The average Bonchev–Trinajstić information content (AvgIpc) is 2.73. The van der Waals surface area contributed by atoms with E-state index >= 15 is 0 Å². The standard InChI is InChI=1S/C23H20N2O3/c26-22-15-28-21-13-12-18(14-20(21)25-22)24-23(27)19-9-5-4-8-17(19)11-10-16-6-2-1-3-7-16/h1-9,12-14H,10-11,15H2,(H,24,27)(H,25,26). The van der Waals surface area contributed by atoms with Gasteiger partial charge in [-0.3, -0.25) is 9.59 Å². The van der Waals surface area contributed by atoms with E-state index < -0.39 is 0 Å². The summed E-state index contributed by atoms with van der Waals surface area (Å²) in [6.45, 7) is 0.00744. The van der Waals surface area contributed by atoms with E-state index in [2.05, 4.69) is 22.8 Å². The number of benzene rings is 3. The maximum absolute atomic E-state index is 12.8. The molecule has 5 nitrogen and oxygen atoms in total. The Kier molecular flexibility index (Phi) is 5.06. The smallest absolute Gasteiger partial charge is 0.262 e. The summed E-state index contributed by atoms with van der Waals surface area (Å²) in [5, 5.41) is 5.66. The third kappa shape index (κ3) is 4.04. The minimum atomic E-state index is -0.206. The van der Waals surface area contributed by atoms with Crippen LogP contribution in [0.2, 0.25) is 0 Å². The van der Waals surface area contributed by atoms with Crippen LogP contribution in [0.3, 0.4) is 0 Å². The summed E-state index contributed by atoms with van der Waals surface area (Å²) in [4.78, 5) is 24.3. The Morgan fingerprint density at radius 2 is 1.75 bits per heavy atom. The average molecular weight is 372 g/mol. The van der Waals surface area contributed by atoms with Gasteiger partial charge in [-0.1, -0.05) is 48.5 Å². The Labute approximate surface area is 163 Å². The predicted octanol–water partition coefficient (Wildman–Crippen LogP) is 4.06. The molecule has 0 spiro atoms. The number of nitrogens with one attached hydrogen (secondary N) is 2. The summed E-state index contributed by atoms with van der Waals surface area (Å²) in [6.07, 6.45) is 1.65. The van der Waals surface area contributed by atoms with Crippen molar-refractivity contribution in [2.75, 3.05) is 17.2 Å². The molecule has 28 heavy (non-hydrogen) atoms. The maximum atomic E-state index is 12.8. The van der Waals surface area contributed by atoms with Crippen molar-refractivity contribution in [1.29, 1.82) is 0 Å². The summed E-state index contributed by atoms with van der Waals surface area (Å²) in [5.74, 6) is 0.217. The SMILES string of the molecule is O=C1COc2ccc(NC(=O)c3ccccc3CCc3ccccc3)cc2N1. The van der Waals surface area contributed by atoms with Gasteiger partial charge < -0.3 is 15.4 Å². The van der Waals surface area contributed by atoms with Gasteiger partial charge in [-0.05, 0) is 48.2 Å². The first-order chi connectivity index (χ1) is 13.7. The van der Waals surface area contributed by atoms with Gasteiger partial charge in [0.15, 0.2) is 6.61 Å². The van der Waals surface area contributed by atoms with E-state index in [1.807, 2.05) is 42.5 Å². The van der Waals surface area contributed by atoms with E-state index in [1.165, 1.54) is 5.56 Å². The topological polar surface area (TPSA) is 67.4 Å². The van der Waals surface area contributed by atoms with Crippen LogP contribution in [0.25, 0.3) is 0 Å². The molecule has 0 atom stereocenters. The van der Waals surface area contributed by atoms with Crippen molar-refractivity contribution in [2.45, 2.75) is 12.8 Å². The van der Waals surface area contributed by atoms with Crippen LogP contribution in [-0.4, -0.2) is 18.4 Å². The van der Waals surface area contributed by atoms with Crippen LogP contribution < -0.4 is 15.4 Å². The first kappa shape index (κ1) is 17.8. The van der Waals surface area contributed by atoms with Crippen molar-refractivity contribution in [3.05, 3.63) is 89.5 Å². The number of ether oxygens (including phenoxy) is 1. The summed E-state index contributed by atoms with van der Waals surface area (Å²) >= 11 is 0. The van der Waals surface area contributed by atoms with Gasteiger partial charge in [-0.15, -0.1) is 0 Å². The molecule has 1 aliphatic heterocycles. The quantitative estimate of drug-likeness (QED) is 0.710. The van der Waals surface area contributed by atoms with Crippen LogP contribution in [0, 0.1) is 0 Å². The van der Waals surface area contributed by atoms with E-state index in [4.69, 9.17) is 4.74 Å². The lowest BCUT2D eigenvalue weighted by atomic mass is 9.99. The lowest BCUT2D eigenvalue weighted by molar-refractivity contribution is -0.118. The van der Waals surface area contributed by atoms with E-state index in [1.54, 1.807) is 18.2 Å². The highest BCUT2D eigenvalue weighted by Gasteiger charge is 2.17. The van der Waals surface area contributed by atoms with E-state index in [-0.39, 0.29) is 18.4 Å². The summed E-state index contributed by atoms with van der Waals surface area (Å²) < 4.78 is 5.35. The Bertz CT molecular complexity index is 1020. The molecule has 140 valence electrons. The largest absolute Gasteiger partial charge is 0.482 e. The molecule has 0 saturated heterocycles. The number of hydrogen-bond donors (Lipinski definition) is 2. The number of amides is 2. The molecule has 2 N–H and O–H groups in total. The minimum absolute atomic E-state index is 0.00744. The zero-order valence-corrected chi connectivity index (χ0v) is 15.3. The number of carbonyl (C=O) groups is 2. The van der Waals surface area contributed by atoms with Crippen molar-refractivity contribution in [3.63, 3.8) is 0 Å². The van der Waals surface area contributed by atoms with Gasteiger partial charge in [0, 0.05) is 11.3 Å². The fourth-order valence-corrected chi connectivity index (χ4v) is 3.24. The second-order valence-corrected chi connectivity index (χ2v) is 6.64. The van der Waals surface area contributed by atoms with Gasteiger partial charge in [-0.2, -0.15) is 0 Å². The normalized spacial score (nSPS) is 12.5. The molecule has 3 aromatic carbocycles. The molecule has 0 aromatic heterocycles. The lowest BCUT2D eigenvalue weighted by Crippen LogP contribution is -2.25. The van der Waals surface area contributed by atoms with Crippen LogP contribution in [0.4, 0.5) is 11.4 Å². The van der Waals surface area contributed by atoms with Gasteiger partial charge in [0.2, 0.25) is 0 Å². The van der Waals surface area contributed by atoms with Gasteiger partial charge in [-0.25, -0.2) is 0 Å². The molecule has 0 aliphatic carbocycles. The van der Waals surface area contributed by atoms with Crippen LogP contribution >= 0.6 is 0 Å². The van der Waals surface area contributed by atoms with Crippen molar-refractivity contribution in [2.24, 2.45) is 0 Å². The van der Waals surface area contributed by atoms with Gasteiger partial charge in [0.05, 0.1) is 5.69 Å². The fourth-order valence-electron chi connectivity index (χ4n) is 3.24. The molecule has 0 bridgehead atoms. The van der Waals surface area contributed by atoms with Gasteiger partial charge in [0.1, 0.15) is 5.75 Å². The number of rotatable bonds is 5. The van der Waals surface area contributed by atoms with E-state index in [0.717, 1.165) is 18.4 Å². The molecule has 0 fully saturated rings. The van der Waals surface area contributed by atoms with Crippen molar-refractivity contribution < 1.29 is 14.3 Å². The molecular formula is C23H20N2O3. The highest BCUT2D eigenvalue weighted by molar-refractivity contribution is 6.06. The molecule has 5 heteroatoms.